The number of hydrogen-bond acceptors (Lipinski definition) is 4. The van der Waals surface area contributed by atoms with Gasteiger partial charge in [-0.25, -0.2) is 4.79 Å². The predicted molar refractivity (Wildman–Crippen MR) is 121 cm³/mol. The first-order valence-electron chi connectivity index (χ1n) is 9.73. The van der Waals surface area contributed by atoms with E-state index in [9.17, 15) is 4.79 Å². The summed E-state index contributed by atoms with van der Waals surface area (Å²) in [6, 6.07) is 0.0789. The van der Waals surface area contributed by atoms with Crippen LogP contribution in [0.4, 0.5) is 4.79 Å². The molecule has 1 saturated heterocycles. The Labute approximate surface area is 182 Å². The molecule has 27 heavy (non-hydrogen) atoms. The van der Waals surface area contributed by atoms with Crippen molar-refractivity contribution in [3.05, 3.63) is 0 Å². The van der Waals surface area contributed by atoms with Crippen molar-refractivity contribution in [3.8, 4) is 0 Å². The smallest absolute Gasteiger partial charge is 0.407 e. The van der Waals surface area contributed by atoms with Gasteiger partial charge in [0, 0.05) is 33.3 Å². The molecule has 1 rings (SSSR count). The fourth-order valence-corrected chi connectivity index (χ4v) is 3.03. The van der Waals surface area contributed by atoms with Gasteiger partial charge in [-0.1, -0.05) is 13.8 Å². The van der Waals surface area contributed by atoms with Gasteiger partial charge < -0.3 is 25.0 Å². The molecule has 2 atom stereocenters. The fourth-order valence-electron chi connectivity index (χ4n) is 3.03. The molecule has 0 aliphatic carbocycles. The number of amides is 1. The van der Waals surface area contributed by atoms with Crippen LogP contribution < -0.4 is 10.6 Å². The quantitative estimate of drug-likeness (QED) is 0.320. The lowest BCUT2D eigenvalue weighted by Crippen LogP contribution is -2.44. The molecule has 160 valence electrons. The van der Waals surface area contributed by atoms with Crippen molar-refractivity contribution < 1.29 is 14.3 Å². The molecule has 0 bridgehead atoms. The Morgan fingerprint density at radius 1 is 1.33 bits per heavy atom. The van der Waals surface area contributed by atoms with Gasteiger partial charge in [0.15, 0.2) is 5.96 Å². The minimum atomic E-state index is -0.479. The molecule has 0 radical (unpaired) electrons. The molecular weight excluding hydrogens is 459 g/mol. The van der Waals surface area contributed by atoms with E-state index in [0.29, 0.717) is 5.92 Å². The van der Waals surface area contributed by atoms with E-state index >= 15 is 0 Å². The van der Waals surface area contributed by atoms with Crippen LogP contribution in [0, 0.1) is 5.92 Å². The van der Waals surface area contributed by atoms with Gasteiger partial charge >= 0.3 is 6.09 Å². The second-order valence-corrected chi connectivity index (χ2v) is 8.08. The number of ether oxygens (including phenoxy) is 2. The summed E-state index contributed by atoms with van der Waals surface area (Å²) in [7, 11) is 1.79. The predicted octanol–water partition coefficient (Wildman–Crippen LogP) is 3.23. The van der Waals surface area contributed by atoms with E-state index in [4.69, 9.17) is 9.47 Å². The number of rotatable bonds is 7. The number of likely N-dealkylation sites (tertiary alicyclic amines) is 1. The average molecular weight is 498 g/mol. The second kappa shape index (κ2) is 12.6. The van der Waals surface area contributed by atoms with Gasteiger partial charge in [-0.2, -0.15) is 0 Å². The highest BCUT2D eigenvalue weighted by Gasteiger charge is 2.27. The Balaban J connectivity index is 0.00000676. The number of alkyl carbamates (subject to hydrolysis) is 1. The molecule has 2 N–H and O–H groups in total. The molecule has 7 nitrogen and oxygen atoms in total. The topological polar surface area (TPSA) is 75.2 Å². The molecule has 0 saturated carbocycles. The van der Waals surface area contributed by atoms with E-state index < -0.39 is 5.60 Å². The third kappa shape index (κ3) is 10.4. The number of nitrogens with zero attached hydrogens (tertiary/aromatic N) is 2. The molecule has 1 fully saturated rings. The molecule has 1 aliphatic rings. The van der Waals surface area contributed by atoms with Crippen LogP contribution in [0.25, 0.3) is 0 Å². The van der Waals surface area contributed by atoms with Gasteiger partial charge in [-0.15, -0.1) is 24.0 Å². The third-order valence-electron chi connectivity index (χ3n) is 4.26. The molecule has 2 unspecified atom stereocenters. The van der Waals surface area contributed by atoms with Crippen molar-refractivity contribution in [2.45, 2.75) is 72.1 Å². The van der Waals surface area contributed by atoms with Crippen LogP contribution in [0.1, 0.15) is 54.4 Å². The van der Waals surface area contributed by atoms with Crippen LogP contribution in [-0.2, 0) is 9.47 Å². The van der Waals surface area contributed by atoms with Gasteiger partial charge in [-0.3, -0.25) is 4.99 Å². The van der Waals surface area contributed by atoms with Crippen LogP contribution in [0.2, 0.25) is 0 Å². The lowest BCUT2D eigenvalue weighted by Gasteiger charge is -2.25. The van der Waals surface area contributed by atoms with Crippen LogP contribution in [-0.4, -0.2) is 68.0 Å². The Kier molecular flexibility index (Phi) is 12.3. The second-order valence-electron chi connectivity index (χ2n) is 8.08. The monoisotopic (exact) mass is 498 g/mol. The summed E-state index contributed by atoms with van der Waals surface area (Å²) < 4.78 is 11.1. The first kappa shape index (κ1) is 26.2. The number of halogens is 1. The van der Waals surface area contributed by atoms with Crippen molar-refractivity contribution >= 4 is 36.0 Å². The van der Waals surface area contributed by atoms with Crippen molar-refractivity contribution in [3.63, 3.8) is 0 Å². The zero-order valence-electron chi connectivity index (χ0n) is 18.0. The van der Waals surface area contributed by atoms with Crippen molar-refractivity contribution in [1.29, 1.82) is 0 Å². The summed E-state index contributed by atoms with van der Waals surface area (Å²) in [4.78, 5) is 18.5. The molecule has 8 heteroatoms. The minimum Gasteiger partial charge on any atom is -0.444 e. The maximum Gasteiger partial charge on any atom is 0.407 e. The van der Waals surface area contributed by atoms with Crippen LogP contribution in [0.5, 0.6) is 0 Å². The van der Waals surface area contributed by atoms with Gasteiger partial charge in [0.05, 0.1) is 12.1 Å². The summed E-state index contributed by atoms with van der Waals surface area (Å²) in [5.74, 6) is 1.37. The SMILES string of the molecule is CCOC(CCNC(=NC)N1CCC(NC(=O)OC(C)(C)C)C1)C(C)C.I. The Morgan fingerprint density at radius 2 is 2.00 bits per heavy atom. The van der Waals surface area contributed by atoms with E-state index in [1.807, 2.05) is 27.7 Å². The largest absolute Gasteiger partial charge is 0.444 e. The number of guanidine groups is 1. The van der Waals surface area contributed by atoms with E-state index in [0.717, 1.165) is 45.0 Å². The van der Waals surface area contributed by atoms with E-state index in [2.05, 4.69) is 34.4 Å². The zero-order valence-corrected chi connectivity index (χ0v) is 20.3. The number of hydrogen-bond donors (Lipinski definition) is 2. The highest BCUT2D eigenvalue weighted by atomic mass is 127. The van der Waals surface area contributed by atoms with E-state index in [1.165, 1.54) is 0 Å². The van der Waals surface area contributed by atoms with Crippen LogP contribution in [0.15, 0.2) is 4.99 Å². The number of aliphatic imine (C=N–C) groups is 1. The molecule has 0 aromatic carbocycles. The Bertz CT molecular complexity index is 466. The zero-order chi connectivity index (χ0) is 19.7. The summed E-state index contributed by atoms with van der Waals surface area (Å²) in [6.07, 6.45) is 1.72. The van der Waals surface area contributed by atoms with Gasteiger partial charge in [-0.05, 0) is 46.5 Å². The first-order chi connectivity index (χ1) is 12.2. The summed E-state index contributed by atoms with van der Waals surface area (Å²) in [5, 5.41) is 6.36. The summed E-state index contributed by atoms with van der Waals surface area (Å²) >= 11 is 0. The normalized spacial score (nSPS) is 18.9. The third-order valence-corrected chi connectivity index (χ3v) is 4.26. The van der Waals surface area contributed by atoms with Gasteiger partial charge in [0.2, 0.25) is 0 Å². The summed E-state index contributed by atoms with van der Waals surface area (Å²) in [5.41, 5.74) is -0.479. The highest BCUT2D eigenvalue weighted by Crippen LogP contribution is 2.13. The van der Waals surface area contributed by atoms with Crippen LogP contribution in [0.3, 0.4) is 0 Å². The fraction of sp³-hybridized carbons (Fsp3) is 0.895. The van der Waals surface area contributed by atoms with Gasteiger partial charge in [0.25, 0.3) is 0 Å². The molecule has 1 heterocycles. The maximum absolute atomic E-state index is 11.9. The van der Waals surface area contributed by atoms with Crippen molar-refractivity contribution in [2.24, 2.45) is 10.9 Å². The minimum absolute atomic E-state index is 0. The molecule has 1 aliphatic heterocycles. The standard InChI is InChI=1S/C19H38N4O3.HI/c1-8-25-16(14(2)3)9-11-21-17(20-7)23-12-10-15(13-23)22-18(24)26-19(4,5)6;/h14-16H,8-13H2,1-7H3,(H,20,21)(H,22,24);1H. The number of nitrogens with one attached hydrogen (secondary N) is 2. The molecule has 0 aromatic rings. The van der Waals surface area contributed by atoms with Crippen molar-refractivity contribution in [2.75, 3.05) is 33.3 Å². The van der Waals surface area contributed by atoms with Crippen LogP contribution >= 0.6 is 24.0 Å². The van der Waals surface area contributed by atoms with E-state index in [-0.39, 0.29) is 42.2 Å². The molecule has 0 aromatic heterocycles. The lowest BCUT2D eigenvalue weighted by atomic mass is 10.0. The van der Waals surface area contributed by atoms with E-state index in [1.54, 1.807) is 7.05 Å². The average Bonchev–Trinajstić information content (AvgIpc) is 2.96. The highest BCUT2D eigenvalue weighted by molar-refractivity contribution is 14.0. The lowest BCUT2D eigenvalue weighted by molar-refractivity contribution is 0.0257. The van der Waals surface area contributed by atoms with Crippen molar-refractivity contribution in [1.82, 2.24) is 15.5 Å². The summed E-state index contributed by atoms with van der Waals surface area (Å²) in [6.45, 7) is 15.1. The first-order valence-corrected chi connectivity index (χ1v) is 9.73. The molecular formula is C19H39IN4O3. The maximum atomic E-state index is 11.9. The molecule has 0 spiro atoms. The Morgan fingerprint density at radius 3 is 2.52 bits per heavy atom. The number of carbonyl (C=O) groups is 1. The number of carbonyl (C=O) groups excluding carboxylic acids is 1. The van der Waals surface area contributed by atoms with Gasteiger partial charge in [0.1, 0.15) is 5.60 Å². The molecule has 1 amide bonds. The Hall–Kier alpha value is -0.770.